The molecule has 3 nitrogen and oxygen atoms in total. The SMILES string of the molecule is C=CC(C)C/C=C/C(=O)N(C)OC. The maximum Gasteiger partial charge on any atom is 0.269 e. The number of rotatable bonds is 5. The van der Waals surface area contributed by atoms with Crippen molar-refractivity contribution in [2.24, 2.45) is 5.92 Å². The molecular weight excluding hydrogens is 166 g/mol. The van der Waals surface area contributed by atoms with Crippen LogP contribution in [-0.2, 0) is 9.63 Å². The zero-order valence-electron chi connectivity index (χ0n) is 8.49. The summed E-state index contributed by atoms with van der Waals surface area (Å²) in [6, 6.07) is 0. The van der Waals surface area contributed by atoms with E-state index in [1.165, 1.54) is 18.2 Å². The van der Waals surface area contributed by atoms with Gasteiger partial charge >= 0.3 is 0 Å². The number of likely N-dealkylation sites (N-methyl/N-ethyl adjacent to an activating group) is 1. The summed E-state index contributed by atoms with van der Waals surface area (Å²) in [6.45, 7) is 5.70. The van der Waals surface area contributed by atoms with Crippen molar-refractivity contribution >= 4 is 5.91 Å². The molecule has 1 amide bonds. The number of carbonyl (C=O) groups excluding carboxylic acids is 1. The van der Waals surface area contributed by atoms with Gasteiger partial charge < -0.3 is 0 Å². The van der Waals surface area contributed by atoms with E-state index < -0.39 is 0 Å². The molecule has 3 heteroatoms. The van der Waals surface area contributed by atoms with E-state index >= 15 is 0 Å². The molecule has 0 aromatic rings. The number of nitrogens with zero attached hydrogens (tertiary/aromatic N) is 1. The molecule has 0 aromatic carbocycles. The van der Waals surface area contributed by atoms with E-state index in [1.807, 2.05) is 19.1 Å². The highest BCUT2D eigenvalue weighted by atomic mass is 16.7. The van der Waals surface area contributed by atoms with E-state index in [9.17, 15) is 4.79 Å². The van der Waals surface area contributed by atoms with Crippen LogP contribution in [0.4, 0.5) is 0 Å². The molecule has 0 aliphatic carbocycles. The summed E-state index contributed by atoms with van der Waals surface area (Å²) in [4.78, 5) is 15.8. The van der Waals surface area contributed by atoms with Crippen LogP contribution in [-0.4, -0.2) is 25.1 Å². The van der Waals surface area contributed by atoms with Crippen LogP contribution in [0.15, 0.2) is 24.8 Å². The zero-order chi connectivity index (χ0) is 10.3. The van der Waals surface area contributed by atoms with E-state index in [0.717, 1.165) is 6.42 Å². The maximum absolute atomic E-state index is 11.1. The zero-order valence-corrected chi connectivity index (χ0v) is 8.49. The van der Waals surface area contributed by atoms with Crippen molar-refractivity contribution in [3.63, 3.8) is 0 Å². The average Bonchev–Trinajstić information content (AvgIpc) is 2.15. The lowest BCUT2D eigenvalue weighted by Gasteiger charge is -2.10. The minimum atomic E-state index is -0.154. The normalized spacial score (nSPS) is 12.8. The fourth-order valence-electron chi connectivity index (χ4n) is 0.675. The standard InChI is InChI=1S/C10H17NO2/c1-5-9(2)7-6-8-10(12)11(3)13-4/h5-6,8-9H,1,7H2,2-4H3/b8-6+. The van der Waals surface area contributed by atoms with Gasteiger partial charge in [0.15, 0.2) is 0 Å². The highest BCUT2D eigenvalue weighted by Crippen LogP contribution is 2.03. The fourth-order valence-corrected chi connectivity index (χ4v) is 0.675. The van der Waals surface area contributed by atoms with Crippen LogP contribution in [0, 0.1) is 5.92 Å². The lowest BCUT2D eigenvalue weighted by atomic mass is 10.1. The van der Waals surface area contributed by atoms with Gasteiger partial charge in [-0.05, 0) is 12.3 Å². The Hall–Kier alpha value is -1.09. The lowest BCUT2D eigenvalue weighted by Crippen LogP contribution is -2.23. The van der Waals surface area contributed by atoms with E-state index in [0.29, 0.717) is 5.92 Å². The minimum Gasteiger partial charge on any atom is -0.274 e. The third-order valence-electron chi connectivity index (χ3n) is 1.75. The Morgan fingerprint density at radius 2 is 2.31 bits per heavy atom. The maximum atomic E-state index is 11.1. The third kappa shape index (κ3) is 5.20. The van der Waals surface area contributed by atoms with Crippen molar-refractivity contribution in [1.29, 1.82) is 0 Å². The molecule has 0 rings (SSSR count). The Morgan fingerprint density at radius 1 is 1.69 bits per heavy atom. The van der Waals surface area contributed by atoms with Crippen LogP contribution >= 0.6 is 0 Å². The van der Waals surface area contributed by atoms with E-state index in [2.05, 4.69) is 6.58 Å². The molecule has 0 aliphatic heterocycles. The van der Waals surface area contributed by atoms with E-state index in [1.54, 1.807) is 7.05 Å². The first-order chi connectivity index (χ1) is 6.11. The molecule has 13 heavy (non-hydrogen) atoms. The molecule has 0 radical (unpaired) electrons. The van der Waals surface area contributed by atoms with Gasteiger partial charge in [0.2, 0.25) is 0 Å². The Kier molecular flexibility index (Phi) is 5.89. The predicted octanol–water partition coefficient (Wildman–Crippen LogP) is 1.77. The van der Waals surface area contributed by atoms with Crippen LogP contribution in [0.3, 0.4) is 0 Å². The number of amides is 1. The molecule has 0 spiro atoms. The van der Waals surface area contributed by atoms with E-state index in [4.69, 9.17) is 4.84 Å². The summed E-state index contributed by atoms with van der Waals surface area (Å²) in [5, 5.41) is 1.18. The van der Waals surface area contributed by atoms with E-state index in [-0.39, 0.29) is 5.91 Å². The topological polar surface area (TPSA) is 29.5 Å². The van der Waals surface area contributed by atoms with Crippen molar-refractivity contribution in [1.82, 2.24) is 5.06 Å². The van der Waals surface area contributed by atoms with Crippen molar-refractivity contribution < 1.29 is 9.63 Å². The Balaban J connectivity index is 3.84. The number of hydroxylamine groups is 2. The van der Waals surface area contributed by atoms with Crippen molar-refractivity contribution in [3.8, 4) is 0 Å². The Labute approximate surface area is 79.6 Å². The minimum absolute atomic E-state index is 0.154. The van der Waals surface area contributed by atoms with Gasteiger partial charge in [0.05, 0.1) is 7.11 Å². The molecule has 0 N–H and O–H groups in total. The molecule has 0 saturated heterocycles. The molecule has 1 unspecified atom stereocenters. The van der Waals surface area contributed by atoms with Gasteiger partial charge in [0.1, 0.15) is 0 Å². The predicted molar refractivity (Wildman–Crippen MR) is 52.9 cm³/mol. The first-order valence-electron chi connectivity index (χ1n) is 4.22. The van der Waals surface area contributed by atoms with Gasteiger partial charge in [-0.25, -0.2) is 5.06 Å². The van der Waals surface area contributed by atoms with Gasteiger partial charge in [-0.1, -0.05) is 19.1 Å². The highest BCUT2D eigenvalue weighted by Gasteiger charge is 2.01. The largest absolute Gasteiger partial charge is 0.274 e. The van der Waals surface area contributed by atoms with Gasteiger partial charge in [-0.3, -0.25) is 9.63 Å². The second kappa shape index (κ2) is 6.43. The number of allylic oxidation sites excluding steroid dienone is 2. The van der Waals surface area contributed by atoms with Gasteiger partial charge in [0.25, 0.3) is 5.91 Å². The van der Waals surface area contributed by atoms with Crippen molar-refractivity contribution in [3.05, 3.63) is 24.8 Å². The van der Waals surface area contributed by atoms with Gasteiger partial charge in [0, 0.05) is 13.1 Å². The van der Waals surface area contributed by atoms with Crippen LogP contribution < -0.4 is 0 Å². The molecule has 0 saturated carbocycles. The summed E-state index contributed by atoms with van der Waals surface area (Å²) in [5.74, 6) is 0.246. The summed E-state index contributed by atoms with van der Waals surface area (Å²) in [6.07, 6.45) is 6.01. The second-order valence-corrected chi connectivity index (χ2v) is 2.87. The number of carbonyl (C=O) groups is 1. The number of hydrogen-bond acceptors (Lipinski definition) is 2. The lowest BCUT2D eigenvalue weighted by molar-refractivity contribution is -0.162. The Morgan fingerprint density at radius 3 is 2.77 bits per heavy atom. The van der Waals surface area contributed by atoms with Crippen LogP contribution in [0.2, 0.25) is 0 Å². The van der Waals surface area contributed by atoms with Gasteiger partial charge in [-0.15, -0.1) is 6.58 Å². The molecule has 0 fully saturated rings. The van der Waals surface area contributed by atoms with Crippen LogP contribution in [0.1, 0.15) is 13.3 Å². The molecule has 0 aliphatic rings. The summed E-state index contributed by atoms with van der Waals surface area (Å²) in [7, 11) is 3.03. The second-order valence-electron chi connectivity index (χ2n) is 2.87. The molecule has 0 aromatic heterocycles. The smallest absolute Gasteiger partial charge is 0.269 e. The Bertz CT molecular complexity index is 199. The van der Waals surface area contributed by atoms with Crippen molar-refractivity contribution in [2.75, 3.05) is 14.2 Å². The van der Waals surface area contributed by atoms with Crippen LogP contribution in [0.25, 0.3) is 0 Å². The molecule has 1 atom stereocenters. The first-order valence-corrected chi connectivity index (χ1v) is 4.22. The molecule has 0 bridgehead atoms. The first kappa shape index (κ1) is 11.9. The fraction of sp³-hybridized carbons (Fsp3) is 0.500. The quantitative estimate of drug-likeness (QED) is 0.369. The van der Waals surface area contributed by atoms with Crippen molar-refractivity contribution in [2.45, 2.75) is 13.3 Å². The summed E-state index contributed by atoms with van der Waals surface area (Å²) in [5.41, 5.74) is 0. The average molecular weight is 183 g/mol. The molecular formula is C10H17NO2. The molecule has 74 valence electrons. The van der Waals surface area contributed by atoms with Gasteiger partial charge in [-0.2, -0.15) is 0 Å². The number of hydrogen-bond donors (Lipinski definition) is 0. The highest BCUT2D eigenvalue weighted by molar-refractivity contribution is 5.86. The summed E-state index contributed by atoms with van der Waals surface area (Å²) < 4.78 is 0. The van der Waals surface area contributed by atoms with Crippen LogP contribution in [0.5, 0.6) is 0 Å². The summed E-state index contributed by atoms with van der Waals surface area (Å²) >= 11 is 0. The molecule has 0 heterocycles. The third-order valence-corrected chi connectivity index (χ3v) is 1.75. The monoisotopic (exact) mass is 183 g/mol.